The molecule has 0 radical (unpaired) electrons. The molecule has 0 saturated heterocycles. The second-order valence-corrected chi connectivity index (χ2v) is 14.9. The van der Waals surface area contributed by atoms with Crippen LogP contribution in [0.1, 0.15) is 117 Å². The number of aliphatic hydroxyl groups excluding tert-OH is 2. The third kappa shape index (κ3) is 40.9. The topological polar surface area (TPSA) is 175 Å². The fourth-order valence-electron chi connectivity index (χ4n) is 4.89. The minimum atomic E-state index is -4.44. The number of nitrogens with two attached hydrogens (primary N) is 1. The van der Waals surface area contributed by atoms with Gasteiger partial charge in [-0.05, 0) is 77.0 Å². The predicted octanol–water partition coefficient (Wildman–Crippen LogP) is 10.1. The van der Waals surface area contributed by atoms with E-state index >= 15 is 0 Å². The number of hydrogen-bond acceptors (Lipinski definition) is 10. The van der Waals surface area contributed by atoms with E-state index in [-0.39, 0.29) is 32.6 Å². The van der Waals surface area contributed by atoms with Crippen LogP contribution in [0.3, 0.4) is 0 Å². The summed E-state index contributed by atoms with van der Waals surface area (Å²) in [5.74, 6) is -1.06. The maximum Gasteiger partial charge on any atom is 0.472 e. The third-order valence-corrected chi connectivity index (χ3v) is 9.00. The lowest BCUT2D eigenvalue weighted by molar-refractivity contribution is -0.161. The molecular weight excluding hydrogens is 769 g/mol. The Morgan fingerprint density at radius 2 is 1.19 bits per heavy atom. The van der Waals surface area contributed by atoms with Gasteiger partial charge in [-0.25, -0.2) is 4.57 Å². The Morgan fingerprint density at radius 3 is 1.86 bits per heavy atom. The molecule has 0 aromatic rings. The van der Waals surface area contributed by atoms with Crippen molar-refractivity contribution in [3.63, 3.8) is 0 Å². The first-order valence-electron chi connectivity index (χ1n) is 21.2. The highest BCUT2D eigenvalue weighted by atomic mass is 31.2. The predicted molar refractivity (Wildman–Crippen MR) is 240 cm³/mol. The Kier molecular flexibility index (Phi) is 38.5. The number of phosphoric ester groups is 1. The van der Waals surface area contributed by atoms with Crippen molar-refractivity contribution in [1.82, 2.24) is 0 Å². The summed E-state index contributed by atoms with van der Waals surface area (Å²) in [6.45, 7) is 3.14. The molecule has 0 amide bonds. The van der Waals surface area contributed by atoms with Crippen LogP contribution in [0.25, 0.3) is 0 Å². The zero-order valence-electron chi connectivity index (χ0n) is 35.6. The monoisotopic (exact) mass is 844 g/mol. The molecule has 0 rings (SSSR count). The van der Waals surface area contributed by atoms with Crippen LogP contribution in [0, 0.1) is 0 Å². The highest BCUT2D eigenvalue weighted by Crippen LogP contribution is 2.43. The number of phosphoric acid groups is 1. The molecular formula is C47H74NO10P. The molecule has 12 heteroatoms. The summed E-state index contributed by atoms with van der Waals surface area (Å²) in [5.41, 5.74) is 5.33. The van der Waals surface area contributed by atoms with Crippen LogP contribution in [0.15, 0.2) is 122 Å². The lowest BCUT2D eigenvalue weighted by atomic mass is 10.1. The first kappa shape index (κ1) is 55.3. The Hall–Kier alpha value is -3.67. The molecule has 332 valence electrons. The molecule has 0 heterocycles. The summed E-state index contributed by atoms with van der Waals surface area (Å²) < 4.78 is 32.6. The number of carbonyl (C=O) groups excluding carboxylic acids is 2. The second kappa shape index (κ2) is 41.1. The average Bonchev–Trinajstić information content (AvgIpc) is 3.21. The molecule has 11 nitrogen and oxygen atoms in total. The van der Waals surface area contributed by atoms with Gasteiger partial charge in [-0.2, -0.15) is 0 Å². The van der Waals surface area contributed by atoms with Gasteiger partial charge >= 0.3 is 19.8 Å². The molecule has 0 saturated carbocycles. The molecule has 0 bridgehead atoms. The summed E-state index contributed by atoms with van der Waals surface area (Å²) in [6.07, 6.45) is 48.8. The van der Waals surface area contributed by atoms with Crippen LogP contribution in [-0.4, -0.2) is 71.7 Å². The number of allylic oxidation sites excluding steroid dienone is 16. The van der Waals surface area contributed by atoms with E-state index in [1.54, 1.807) is 30.4 Å². The number of carbonyl (C=O) groups is 2. The SMILES string of the molecule is CC/C=C\C/C=C\C/C=C\C/C=C\CCCCCCC(=O)O[C@H](COC(=O)CCC/C=C\[C@H](O)/C=C/C=C\C/C=C\C=C\[C@H](O)C/C=C\CC)COP(=O)(O)OCCN. The van der Waals surface area contributed by atoms with E-state index in [1.165, 1.54) is 0 Å². The molecule has 5 N–H and O–H groups in total. The quantitative estimate of drug-likeness (QED) is 0.0154. The number of rotatable bonds is 37. The Labute approximate surface area is 355 Å². The molecule has 0 aliphatic heterocycles. The molecule has 0 fully saturated rings. The highest BCUT2D eigenvalue weighted by molar-refractivity contribution is 7.47. The first-order chi connectivity index (χ1) is 28.6. The lowest BCUT2D eigenvalue weighted by Crippen LogP contribution is -2.29. The average molecular weight is 844 g/mol. The van der Waals surface area contributed by atoms with Crippen LogP contribution in [0.5, 0.6) is 0 Å². The van der Waals surface area contributed by atoms with Crippen molar-refractivity contribution < 1.29 is 47.8 Å². The van der Waals surface area contributed by atoms with Crippen LogP contribution < -0.4 is 5.73 Å². The van der Waals surface area contributed by atoms with Crippen molar-refractivity contribution >= 4 is 19.8 Å². The van der Waals surface area contributed by atoms with Gasteiger partial charge in [0.25, 0.3) is 0 Å². The number of ether oxygens (including phenoxy) is 2. The molecule has 0 spiro atoms. The van der Waals surface area contributed by atoms with Crippen molar-refractivity contribution in [3.05, 3.63) is 122 Å². The van der Waals surface area contributed by atoms with Crippen LogP contribution in [0.4, 0.5) is 0 Å². The van der Waals surface area contributed by atoms with E-state index in [2.05, 4.69) is 62.5 Å². The summed E-state index contributed by atoms with van der Waals surface area (Å²) >= 11 is 0. The minimum Gasteiger partial charge on any atom is -0.462 e. The third-order valence-electron chi connectivity index (χ3n) is 8.02. The van der Waals surface area contributed by atoms with E-state index in [1.807, 2.05) is 42.5 Å². The summed E-state index contributed by atoms with van der Waals surface area (Å²) in [4.78, 5) is 34.9. The first-order valence-corrected chi connectivity index (χ1v) is 22.7. The Bertz CT molecular complexity index is 1410. The maximum absolute atomic E-state index is 12.6. The van der Waals surface area contributed by atoms with Crippen LogP contribution in [-0.2, 0) is 32.7 Å². The van der Waals surface area contributed by atoms with Gasteiger partial charge in [0.15, 0.2) is 6.10 Å². The van der Waals surface area contributed by atoms with Crippen molar-refractivity contribution in [3.8, 4) is 0 Å². The van der Waals surface area contributed by atoms with Gasteiger partial charge in [-0.15, -0.1) is 0 Å². The van der Waals surface area contributed by atoms with Gasteiger partial charge in [-0.3, -0.25) is 18.6 Å². The maximum atomic E-state index is 12.6. The molecule has 0 aromatic carbocycles. The van der Waals surface area contributed by atoms with E-state index in [0.29, 0.717) is 32.1 Å². The smallest absolute Gasteiger partial charge is 0.462 e. The minimum absolute atomic E-state index is 0.0121. The normalized spacial score (nSPS) is 15.6. The Morgan fingerprint density at radius 1 is 0.610 bits per heavy atom. The molecule has 0 aliphatic rings. The van der Waals surface area contributed by atoms with Gasteiger partial charge in [0.05, 0.1) is 25.4 Å². The van der Waals surface area contributed by atoms with Crippen molar-refractivity contribution in [2.75, 3.05) is 26.4 Å². The molecule has 4 atom stereocenters. The Balaban J connectivity index is 4.49. The fourth-order valence-corrected chi connectivity index (χ4v) is 5.66. The zero-order chi connectivity index (χ0) is 43.5. The van der Waals surface area contributed by atoms with E-state index in [4.69, 9.17) is 24.3 Å². The number of unbranched alkanes of at least 4 members (excludes halogenated alkanes) is 5. The van der Waals surface area contributed by atoms with Gasteiger partial charge in [-0.1, -0.05) is 148 Å². The van der Waals surface area contributed by atoms with Crippen molar-refractivity contribution in [1.29, 1.82) is 0 Å². The lowest BCUT2D eigenvalue weighted by Gasteiger charge is -2.19. The fraction of sp³-hybridized carbons (Fsp3) is 0.532. The molecule has 59 heavy (non-hydrogen) atoms. The van der Waals surface area contributed by atoms with Crippen molar-refractivity contribution in [2.24, 2.45) is 5.73 Å². The van der Waals surface area contributed by atoms with Crippen LogP contribution >= 0.6 is 7.82 Å². The van der Waals surface area contributed by atoms with Gasteiger partial charge < -0.3 is 30.3 Å². The number of hydrogen-bond donors (Lipinski definition) is 4. The van der Waals surface area contributed by atoms with Crippen LogP contribution in [0.2, 0.25) is 0 Å². The molecule has 0 aliphatic carbocycles. The van der Waals surface area contributed by atoms with E-state index < -0.39 is 44.7 Å². The number of esters is 2. The largest absolute Gasteiger partial charge is 0.472 e. The van der Waals surface area contributed by atoms with Gasteiger partial charge in [0.1, 0.15) is 6.61 Å². The molecule has 1 unspecified atom stereocenters. The van der Waals surface area contributed by atoms with E-state index in [9.17, 15) is 29.3 Å². The highest BCUT2D eigenvalue weighted by Gasteiger charge is 2.26. The summed E-state index contributed by atoms with van der Waals surface area (Å²) in [5, 5.41) is 20.0. The number of aliphatic hydroxyl groups is 2. The van der Waals surface area contributed by atoms with Crippen molar-refractivity contribution in [2.45, 2.75) is 135 Å². The van der Waals surface area contributed by atoms with E-state index in [0.717, 1.165) is 57.8 Å². The summed E-state index contributed by atoms with van der Waals surface area (Å²) in [7, 11) is -4.44. The molecule has 0 aromatic heterocycles. The zero-order valence-corrected chi connectivity index (χ0v) is 36.5. The second-order valence-electron chi connectivity index (χ2n) is 13.5. The van der Waals surface area contributed by atoms with Gasteiger partial charge in [0.2, 0.25) is 0 Å². The summed E-state index contributed by atoms with van der Waals surface area (Å²) in [6, 6.07) is 0. The standard InChI is InChI=1S/C47H74NO10P/c1-3-5-7-8-9-10-11-12-13-14-15-16-17-18-22-25-31-38-47(52)58-45(42-57-59(53,54)56-40-39-48)41-55-46(51)37-32-26-30-36-44(50)35-29-24-21-19-20-23-28-34-43(49)33-27-6-4-2/h5-7,9-10,12-13,15-16,20-21,23-24,27-30,34-36,43-45,49-50H,3-4,8,11,14,17-19,22,25-26,31-33,37-42,48H2,1-2H3,(H,53,54)/b7-5-,10-9-,13-12-,16-15-,23-20-,24-21-,27-6-,34-28+,35-29+,36-30-/t43-,44-,45-/m1/s1. The van der Waals surface area contributed by atoms with Gasteiger partial charge in [0, 0.05) is 19.4 Å².